The molecule has 8 rings (SSSR count). The summed E-state index contributed by atoms with van der Waals surface area (Å²) in [5, 5.41) is 29.1. The molecule has 12 heteroatoms. The third-order valence-corrected chi connectivity index (χ3v) is 14.7. The van der Waals surface area contributed by atoms with E-state index in [0.29, 0.717) is 18.9 Å². The molecule has 0 unspecified atom stereocenters. The predicted molar refractivity (Wildman–Crippen MR) is 293 cm³/mol. The number of aromatic nitrogens is 4. The molecule has 0 saturated carbocycles. The largest absolute Gasteiger partial charge is 0.488 e. The van der Waals surface area contributed by atoms with Gasteiger partial charge in [0.2, 0.25) is 0 Å². The van der Waals surface area contributed by atoms with Crippen LogP contribution in [0.2, 0.25) is 51.4 Å². The second-order valence-corrected chi connectivity index (χ2v) is 31.0. The molecule has 0 aliphatic heterocycles. The molecule has 2 aromatic heterocycles. The molecule has 8 aromatic rings. The van der Waals surface area contributed by atoms with Gasteiger partial charge in [-0.3, -0.25) is 0 Å². The standard InChI is InChI=1S/C27H30N2OSi.C21H25IN2OSi.C6H7BO2/c1-31(2,3)19-18-30-21-29-27-20-24(23-12-8-5-9-13-23)15-16-25(27)26(28-29)17-14-22-10-6-4-7-11-22;1-26(2,3)14-13-25-16-24-21-15-18(22)10-11-19(21)20(23-24)12-9-17-7-5-4-6-8-17;8-7(9)6-4-2-1-3-5-6/h4-17,20H,18-19,21H2,1-3H3;4-12,15H,13-14,16H2,1-3H3;1-5,8-9H/b17-14+;12-9+;. The van der Waals surface area contributed by atoms with Crippen molar-refractivity contribution in [1.82, 2.24) is 19.6 Å². The molecule has 0 aliphatic rings. The number of nitrogens with zero attached hydrogens (tertiary/aromatic N) is 4. The van der Waals surface area contributed by atoms with E-state index in [2.05, 4.69) is 183 Å². The van der Waals surface area contributed by atoms with E-state index in [0.717, 1.165) is 58.0 Å². The first-order chi connectivity index (χ1) is 31.7. The minimum atomic E-state index is -1.34. The van der Waals surface area contributed by atoms with Crippen LogP contribution < -0.4 is 5.46 Å². The van der Waals surface area contributed by atoms with Crippen LogP contribution in [-0.2, 0) is 22.9 Å². The van der Waals surface area contributed by atoms with Crippen molar-refractivity contribution in [2.75, 3.05) is 13.2 Å². The molecule has 2 N–H and O–H groups in total. The Hall–Kier alpha value is -5.19. The fraction of sp³-hybridized carbons (Fsp3) is 0.222. The van der Waals surface area contributed by atoms with Crippen molar-refractivity contribution in [3.8, 4) is 11.1 Å². The second-order valence-electron chi connectivity index (χ2n) is 18.5. The molecule has 0 amide bonds. The van der Waals surface area contributed by atoms with E-state index in [9.17, 15) is 0 Å². The summed E-state index contributed by atoms with van der Waals surface area (Å²) in [5.41, 5.74) is 9.43. The van der Waals surface area contributed by atoms with E-state index in [1.54, 1.807) is 24.3 Å². The van der Waals surface area contributed by atoms with Crippen molar-refractivity contribution in [3.63, 3.8) is 0 Å². The molecule has 6 aromatic carbocycles. The van der Waals surface area contributed by atoms with Gasteiger partial charge in [-0.25, -0.2) is 9.36 Å². The molecule has 0 atom stereocenters. The zero-order valence-corrected chi connectivity index (χ0v) is 43.2. The molecule has 8 nitrogen and oxygen atoms in total. The molecule has 340 valence electrons. The molecule has 0 spiro atoms. The van der Waals surface area contributed by atoms with Crippen molar-refractivity contribution >= 4 is 97.4 Å². The summed E-state index contributed by atoms with van der Waals surface area (Å²) in [4.78, 5) is 0. The van der Waals surface area contributed by atoms with E-state index in [4.69, 9.17) is 29.7 Å². The maximum absolute atomic E-state index is 8.58. The van der Waals surface area contributed by atoms with Crippen molar-refractivity contribution < 1.29 is 19.5 Å². The maximum atomic E-state index is 8.58. The fourth-order valence-electron chi connectivity index (χ4n) is 6.79. The summed E-state index contributed by atoms with van der Waals surface area (Å²) >= 11 is 2.35. The van der Waals surface area contributed by atoms with E-state index in [1.165, 1.54) is 26.3 Å². The molecular weight excluding hydrogens is 963 g/mol. The fourth-order valence-corrected chi connectivity index (χ4v) is 8.78. The lowest BCUT2D eigenvalue weighted by molar-refractivity contribution is 0.0815. The van der Waals surface area contributed by atoms with Crippen LogP contribution in [0.5, 0.6) is 0 Å². The Bertz CT molecular complexity index is 2770. The molecular formula is C54H62BIN4O4Si2. The minimum Gasteiger partial charge on any atom is -0.423 e. The van der Waals surface area contributed by atoms with Gasteiger partial charge in [0.15, 0.2) is 0 Å². The van der Waals surface area contributed by atoms with Crippen LogP contribution in [0.15, 0.2) is 158 Å². The first-order valence-electron chi connectivity index (χ1n) is 22.5. The SMILES string of the molecule is C[Si](C)(C)CCOCn1nc(/C=C/c2ccccc2)c2ccc(-c3ccccc3)cc21.C[Si](C)(C)CCOCn1nc(/C=C/c2ccccc2)c2ccc(I)cc21.OB(O)c1ccccc1. The Kier molecular flexibility index (Phi) is 18.7. The summed E-state index contributed by atoms with van der Waals surface area (Å²) in [6.45, 7) is 16.8. The van der Waals surface area contributed by atoms with Crippen molar-refractivity contribution in [3.05, 3.63) is 184 Å². The Morgan fingerprint density at radius 3 is 1.38 bits per heavy atom. The van der Waals surface area contributed by atoms with Gasteiger partial charge in [0.25, 0.3) is 0 Å². The first kappa shape index (κ1) is 50.2. The molecule has 0 fully saturated rings. The van der Waals surface area contributed by atoms with Crippen molar-refractivity contribution in [2.24, 2.45) is 0 Å². The van der Waals surface area contributed by atoms with E-state index < -0.39 is 23.3 Å². The summed E-state index contributed by atoms with van der Waals surface area (Å²) in [6, 6.07) is 55.1. The number of fused-ring (bicyclic) bond motifs is 2. The minimum absolute atomic E-state index is 0.471. The van der Waals surface area contributed by atoms with Gasteiger partial charge in [0.05, 0.1) is 22.4 Å². The Balaban J connectivity index is 0.000000186. The van der Waals surface area contributed by atoms with Gasteiger partial charge in [0.1, 0.15) is 13.5 Å². The number of rotatable bonds is 16. The van der Waals surface area contributed by atoms with E-state index in [-0.39, 0.29) is 0 Å². The van der Waals surface area contributed by atoms with Gasteiger partial charge in [-0.2, -0.15) is 10.2 Å². The molecule has 0 radical (unpaired) electrons. The van der Waals surface area contributed by atoms with Gasteiger partial charge < -0.3 is 19.5 Å². The molecule has 66 heavy (non-hydrogen) atoms. The first-order valence-corrected chi connectivity index (χ1v) is 31.0. The third kappa shape index (κ3) is 16.0. The zero-order chi connectivity index (χ0) is 46.9. The van der Waals surface area contributed by atoms with Crippen LogP contribution in [0.3, 0.4) is 0 Å². The quantitative estimate of drug-likeness (QED) is 0.0569. The number of benzene rings is 6. The average Bonchev–Trinajstić information content (AvgIpc) is 3.85. The van der Waals surface area contributed by atoms with Crippen molar-refractivity contribution in [2.45, 2.75) is 64.8 Å². The van der Waals surface area contributed by atoms with Crippen LogP contribution in [0.4, 0.5) is 0 Å². The lowest BCUT2D eigenvalue weighted by Crippen LogP contribution is -2.29. The molecule has 0 bridgehead atoms. The molecule has 0 saturated heterocycles. The molecule has 2 heterocycles. The maximum Gasteiger partial charge on any atom is 0.488 e. The Labute approximate surface area is 406 Å². The Morgan fingerprint density at radius 2 is 0.939 bits per heavy atom. The van der Waals surface area contributed by atoms with Gasteiger partial charge >= 0.3 is 7.12 Å². The number of hydrogen-bond donors (Lipinski definition) is 2. The highest BCUT2D eigenvalue weighted by Gasteiger charge is 2.16. The normalized spacial score (nSPS) is 11.8. The number of halogens is 1. The van der Waals surface area contributed by atoms with Gasteiger partial charge in [-0.15, -0.1) is 0 Å². The number of ether oxygens (including phenoxy) is 2. The highest BCUT2D eigenvalue weighted by Crippen LogP contribution is 2.28. The summed E-state index contributed by atoms with van der Waals surface area (Å²) in [7, 11) is -3.52. The van der Waals surface area contributed by atoms with Crippen LogP contribution >= 0.6 is 22.6 Å². The van der Waals surface area contributed by atoms with Gasteiger partial charge in [-0.05, 0) is 105 Å². The van der Waals surface area contributed by atoms with Crippen LogP contribution in [-0.4, -0.2) is 66.1 Å². The monoisotopic (exact) mass is 1020 g/mol. The smallest absolute Gasteiger partial charge is 0.423 e. The van der Waals surface area contributed by atoms with Crippen LogP contribution in [0, 0.1) is 3.57 Å². The highest BCUT2D eigenvalue weighted by molar-refractivity contribution is 14.1. The van der Waals surface area contributed by atoms with Gasteiger partial charge in [0, 0.05) is 43.7 Å². The average molecular weight is 1030 g/mol. The topological polar surface area (TPSA) is 94.6 Å². The predicted octanol–water partition coefficient (Wildman–Crippen LogP) is 12.7. The Morgan fingerprint density at radius 1 is 0.515 bits per heavy atom. The number of hydrogen-bond acceptors (Lipinski definition) is 6. The van der Waals surface area contributed by atoms with E-state index >= 15 is 0 Å². The zero-order valence-electron chi connectivity index (χ0n) is 39.0. The molecule has 0 aliphatic carbocycles. The summed E-state index contributed by atoms with van der Waals surface area (Å²) in [6.07, 6.45) is 8.40. The lowest BCUT2D eigenvalue weighted by atomic mass is 9.81. The third-order valence-electron chi connectivity index (χ3n) is 10.6. The van der Waals surface area contributed by atoms with Crippen LogP contribution in [0.1, 0.15) is 22.5 Å². The highest BCUT2D eigenvalue weighted by atomic mass is 127. The summed E-state index contributed by atoms with van der Waals surface area (Å²) in [5.74, 6) is 0. The van der Waals surface area contributed by atoms with E-state index in [1.807, 2.05) is 45.8 Å². The van der Waals surface area contributed by atoms with Crippen molar-refractivity contribution in [1.29, 1.82) is 0 Å². The summed E-state index contributed by atoms with van der Waals surface area (Å²) < 4.78 is 17.1. The van der Waals surface area contributed by atoms with Crippen LogP contribution in [0.25, 0.3) is 57.2 Å². The lowest BCUT2D eigenvalue weighted by Gasteiger charge is -2.15. The van der Waals surface area contributed by atoms with Gasteiger partial charge in [-0.1, -0.05) is 179 Å². The second kappa shape index (κ2) is 24.5.